The molecule has 1 aliphatic heterocycles. The molecule has 0 unspecified atom stereocenters. The summed E-state index contributed by atoms with van der Waals surface area (Å²) in [5.41, 5.74) is 2.89. The van der Waals surface area contributed by atoms with E-state index in [1.54, 1.807) is 21.3 Å². The molecule has 0 bridgehead atoms. The second-order valence-electron chi connectivity index (χ2n) is 7.76. The third kappa shape index (κ3) is 6.06. The van der Waals surface area contributed by atoms with E-state index in [0.717, 1.165) is 60.2 Å². The van der Waals surface area contributed by atoms with Crippen molar-refractivity contribution in [3.8, 4) is 11.5 Å². The molecule has 1 saturated heterocycles. The van der Waals surface area contributed by atoms with Crippen LogP contribution >= 0.6 is 0 Å². The van der Waals surface area contributed by atoms with E-state index < -0.39 is 0 Å². The zero-order chi connectivity index (χ0) is 22.9. The Hall–Kier alpha value is -3.42. The summed E-state index contributed by atoms with van der Waals surface area (Å²) in [5.74, 6) is 2.29. The highest BCUT2D eigenvalue weighted by molar-refractivity contribution is 5.89. The quantitative estimate of drug-likeness (QED) is 0.510. The Labute approximate surface area is 190 Å². The zero-order valence-corrected chi connectivity index (χ0v) is 19.4. The number of ether oxygens (including phenoxy) is 2. The Morgan fingerprint density at radius 1 is 1.12 bits per heavy atom. The number of nitrogens with zero attached hydrogens (tertiary/aromatic N) is 3. The Kier molecular flexibility index (Phi) is 8.19. The van der Waals surface area contributed by atoms with E-state index in [-0.39, 0.29) is 6.03 Å². The summed E-state index contributed by atoms with van der Waals surface area (Å²) in [4.78, 5) is 20.6. The first-order valence-electron chi connectivity index (χ1n) is 10.8. The molecular weight excluding hydrogens is 406 g/mol. The topological polar surface area (TPSA) is 78.4 Å². The lowest BCUT2D eigenvalue weighted by atomic mass is 10.2. The van der Waals surface area contributed by atoms with Gasteiger partial charge >= 0.3 is 6.03 Å². The number of aliphatic imine (C=N–C) groups is 1. The van der Waals surface area contributed by atoms with Gasteiger partial charge in [0.15, 0.2) is 5.96 Å². The monoisotopic (exact) mass is 439 g/mol. The van der Waals surface area contributed by atoms with Gasteiger partial charge in [-0.2, -0.15) is 0 Å². The number of amides is 2. The van der Waals surface area contributed by atoms with Crippen molar-refractivity contribution in [2.45, 2.75) is 25.9 Å². The molecule has 2 N–H and O–H groups in total. The van der Waals surface area contributed by atoms with Gasteiger partial charge in [-0.25, -0.2) is 4.79 Å². The molecule has 1 fully saturated rings. The number of benzene rings is 2. The molecule has 8 nitrogen and oxygen atoms in total. The van der Waals surface area contributed by atoms with Crippen LogP contribution in [0.25, 0.3) is 0 Å². The molecule has 8 heteroatoms. The molecule has 1 aliphatic rings. The summed E-state index contributed by atoms with van der Waals surface area (Å²) >= 11 is 0. The molecular formula is C24H33N5O3. The van der Waals surface area contributed by atoms with Gasteiger partial charge in [-0.3, -0.25) is 4.99 Å². The maximum absolute atomic E-state index is 12.3. The highest BCUT2D eigenvalue weighted by atomic mass is 16.5. The van der Waals surface area contributed by atoms with Crippen molar-refractivity contribution >= 4 is 17.7 Å². The number of anilines is 1. The summed E-state index contributed by atoms with van der Waals surface area (Å²) < 4.78 is 10.8. The molecule has 0 radical (unpaired) electrons. The van der Waals surface area contributed by atoms with Crippen LogP contribution in [-0.4, -0.2) is 63.2 Å². The van der Waals surface area contributed by atoms with Gasteiger partial charge in [-0.05, 0) is 42.7 Å². The van der Waals surface area contributed by atoms with Gasteiger partial charge in [0.2, 0.25) is 0 Å². The van der Waals surface area contributed by atoms with Crippen LogP contribution in [-0.2, 0) is 13.1 Å². The molecule has 0 aliphatic carbocycles. The van der Waals surface area contributed by atoms with Gasteiger partial charge in [-0.15, -0.1) is 0 Å². The largest absolute Gasteiger partial charge is 0.497 e. The Morgan fingerprint density at radius 3 is 2.59 bits per heavy atom. The Morgan fingerprint density at radius 2 is 1.91 bits per heavy atom. The normalized spacial score (nSPS) is 13.6. The molecule has 3 rings (SSSR count). The van der Waals surface area contributed by atoms with Crippen LogP contribution < -0.4 is 20.1 Å². The summed E-state index contributed by atoms with van der Waals surface area (Å²) in [6.45, 7) is 2.87. The molecule has 0 aromatic heterocycles. The van der Waals surface area contributed by atoms with Gasteiger partial charge < -0.3 is 29.9 Å². The molecule has 32 heavy (non-hydrogen) atoms. The molecule has 0 atom stereocenters. The van der Waals surface area contributed by atoms with Crippen molar-refractivity contribution in [2.24, 2.45) is 4.99 Å². The van der Waals surface area contributed by atoms with Crippen LogP contribution in [0, 0.1) is 0 Å². The average Bonchev–Trinajstić information content (AvgIpc) is 3.35. The van der Waals surface area contributed by atoms with Crippen LogP contribution in [0.15, 0.2) is 47.5 Å². The lowest BCUT2D eigenvalue weighted by molar-refractivity contribution is 0.222. The number of guanidine groups is 1. The number of carbonyl (C=O) groups excluding carboxylic acids is 1. The first kappa shape index (κ1) is 23.2. The third-order valence-electron chi connectivity index (χ3n) is 5.50. The number of hydrogen-bond donors (Lipinski definition) is 2. The van der Waals surface area contributed by atoms with E-state index in [2.05, 4.69) is 15.6 Å². The third-order valence-corrected chi connectivity index (χ3v) is 5.50. The minimum atomic E-state index is -0.0309. The van der Waals surface area contributed by atoms with E-state index >= 15 is 0 Å². The molecule has 172 valence electrons. The van der Waals surface area contributed by atoms with Crippen molar-refractivity contribution in [3.05, 3.63) is 53.6 Å². The number of carbonyl (C=O) groups is 1. The van der Waals surface area contributed by atoms with Crippen LogP contribution in [0.1, 0.15) is 24.0 Å². The number of urea groups is 1. The predicted octanol–water partition coefficient (Wildman–Crippen LogP) is 3.54. The fraction of sp³-hybridized carbons (Fsp3) is 0.417. The van der Waals surface area contributed by atoms with Crippen molar-refractivity contribution in [1.29, 1.82) is 0 Å². The maximum atomic E-state index is 12.3. The average molecular weight is 440 g/mol. The Balaban J connectivity index is 1.58. The van der Waals surface area contributed by atoms with Gasteiger partial charge in [0.05, 0.1) is 14.2 Å². The summed E-state index contributed by atoms with van der Waals surface area (Å²) in [5, 5.41) is 6.39. The van der Waals surface area contributed by atoms with Crippen molar-refractivity contribution < 1.29 is 14.3 Å². The number of rotatable bonds is 7. The standard InChI is InChI=1S/C24H33N5O3/c1-25-23(28(2)17-19-10-11-21(31-3)15-22(19)32-4)26-16-18-8-7-9-20(14-18)27-24(30)29-12-5-6-13-29/h7-11,14-15H,5-6,12-13,16-17H2,1-4H3,(H,25,26)(H,27,30). The predicted molar refractivity (Wildman–Crippen MR) is 127 cm³/mol. The number of nitrogens with one attached hydrogen (secondary N) is 2. The van der Waals surface area contributed by atoms with Crippen molar-refractivity contribution in [3.63, 3.8) is 0 Å². The minimum Gasteiger partial charge on any atom is -0.497 e. The number of methoxy groups -OCH3 is 2. The molecule has 2 aromatic carbocycles. The molecule has 1 heterocycles. The SMILES string of the molecule is CN=C(NCc1cccc(NC(=O)N2CCCC2)c1)N(C)Cc1ccc(OC)cc1OC. The fourth-order valence-electron chi connectivity index (χ4n) is 3.76. The minimum absolute atomic E-state index is 0.0309. The molecule has 0 saturated carbocycles. The van der Waals surface area contributed by atoms with E-state index in [1.807, 2.05) is 59.3 Å². The van der Waals surface area contributed by atoms with Crippen LogP contribution in [0.5, 0.6) is 11.5 Å². The summed E-state index contributed by atoms with van der Waals surface area (Å²) in [6.07, 6.45) is 2.15. The van der Waals surface area contributed by atoms with E-state index in [0.29, 0.717) is 13.1 Å². The fourth-order valence-corrected chi connectivity index (χ4v) is 3.76. The van der Waals surface area contributed by atoms with Gasteiger partial charge in [0, 0.05) is 57.6 Å². The smallest absolute Gasteiger partial charge is 0.321 e. The number of hydrogen-bond acceptors (Lipinski definition) is 4. The van der Waals surface area contributed by atoms with Crippen molar-refractivity contribution in [2.75, 3.05) is 46.7 Å². The molecule has 2 amide bonds. The van der Waals surface area contributed by atoms with Crippen LogP contribution in [0.4, 0.5) is 10.5 Å². The van der Waals surface area contributed by atoms with Crippen LogP contribution in [0.3, 0.4) is 0 Å². The van der Waals surface area contributed by atoms with E-state index in [1.165, 1.54) is 0 Å². The second-order valence-corrected chi connectivity index (χ2v) is 7.76. The van der Waals surface area contributed by atoms with E-state index in [4.69, 9.17) is 9.47 Å². The van der Waals surface area contributed by atoms with Crippen LogP contribution in [0.2, 0.25) is 0 Å². The Bertz CT molecular complexity index is 941. The molecule has 2 aromatic rings. The zero-order valence-electron chi connectivity index (χ0n) is 19.4. The summed E-state index contributed by atoms with van der Waals surface area (Å²) in [6, 6.07) is 13.6. The maximum Gasteiger partial charge on any atom is 0.321 e. The van der Waals surface area contributed by atoms with Gasteiger partial charge in [0.1, 0.15) is 11.5 Å². The first-order valence-corrected chi connectivity index (χ1v) is 10.8. The number of likely N-dealkylation sites (tertiary alicyclic amines) is 1. The van der Waals surface area contributed by atoms with Gasteiger partial charge in [0.25, 0.3) is 0 Å². The highest BCUT2D eigenvalue weighted by Gasteiger charge is 2.18. The lowest BCUT2D eigenvalue weighted by Crippen LogP contribution is -2.38. The first-order chi connectivity index (χ1) is 15.5. The highest BCUT2D eigenvalue weighted by Crippen LogP contribution is 2.25. The lowest BCUT2D eigenvalue weighted by Gasteiger charge is -2.23. The molecule has 0 spiro atoms. The van der Waals surface area contributed by atoms with E-state index in [9.17, 15) is 4.79 Å². The van der Waals surface area contributed by atoms with Crippen molar-refractivity contribution in [1.82, 2.24) is 15.1 Å². The second kappa shape index (κ2) is 11.3. The van der Waals surface area contributed by atoms with Gasteiger partial charge in [-0.1, -0.05) is 12.1 Å². The summed E-state index contributed by atoms with van der Waals surface area (Å²) in [7, 11) is 7.03.